The number of amides is 1. The van der Waals surface area contributed by atoms with E-state index in [4.69, 9.17) is 5.73 Å². The van der Waals surface area contributed by atoms with Gasteiger partial charge in [0.1, 0.15) is 6.21 Å². The Morgan fingerprint density at radius 3 is 2.62 bits per heavy atom. The Balaban J connectivity index is 2.91. The second-order valence-corrected chi connectivity index (χ2v) is 4.32. The maximum atomic E-state index is 10.9. The maximum absolute atomic E-state index is 10.9. The van der Waals surface area contributed by atoms with Gasteiger partial charge in [-0.2, -0.15) is 0 Å². The highest BCUT2D eigenvalue weighted by atomic mass is 16.1. The first-order chi connectivity index (χ1) is 5.91. The van der Waals surface area contributed by atoms with Crippen molar-refractivity contribution >= 4 is 12.1 Å². The number of nitrogens with two attached hydrogens (primary N) is 1. The lowest BCUT2D eigenvalue weighted by Gasteiger charge is -2.17. The molecule has 1 amide bonds. The van der Waals surface area contributed by atoms with E-state index in [9.17, 15) is 4.79 Å². The summed E-state index contributed by atoms with van der Waals surface area (Å²) < 4.78 is 2.05. The van der Waals surface area contributed by atoms with Gasteiger partial charge < -0.3 is 5.73 Å². The largest absolute Gasteiger partial charge is 0.366 e. The number of hydrogen-bond donors (Lipinski definition) is 1. The van der Waals surface area contributed by atoms with Gasteiger partial charge >= 0.3 is 0 Å². The number of rotatable bonds is 1. The summed E-state index contributed by atoms with van der Waals surface area (Å²) in [5, 5.41) is 0. The molecule has 0 aliphatic carbocycles. The molecule has 0 aromatic carbocycles. The van der Waals surface area contributed by atoms with Crippen LogP contribution < -0.4 is 5.73 Å². The van der Waals surface area contributed by atoms with Gasteiger partial charge in [0.05, 0.1) is 5.57 Å². The zero-order valence-corrected chi connectivity index (χ0v) is 8.50. The number of carbonyl (C=O) groups excluding carboxylic acids is 1. The molecule has 0 fully saturated rings. The Morgan fingerprint density at radius 1 is 1.54 bits per heavy atom. The third-order valence-corrected chi connectivity index (χ3v) is 2.13. The fourth-order valence-electron chi connectivity index (χ4n) is 1.30. The van der Waals surface area contributed by atoms with Crippen LogP contribution in [0.4, 0.5) is 0 Å². The Morgan fingerprint density at radius 2 is 2.15 bits per heavy atom. The quantitative estimate of drug-likeness (QED) is 0.603. The van der Waals surface area contributed by atoms with E-state index in [0.29, 0.717) is 0 Å². The second-order valence-electron chi connectivity index (χ2n) is 4.32. The molecule has 0 saturated carbocycles. The smallest absolute Gasteiger partial charge is 0.250 e. The zero-order valence-electron chi connectivity index (χ0n) is 8.50. The lowest BCUT2D eigenvalue weighted by Crippen LogP contribution is -2.33. The molecule has 2 N–H and O–H groups in total. The van der Waals surface area contributed by atoms with Crippen LogP contribution in [0.15, 0.2) is 11.8 Å². The van der Waals surface area contributed by atoms with Crippen molar-refractivity contribution in [3.63, 3.8) is 0 Å². The zero-order chi connectivity index (χ0) is 10.1. The van der Waals surface area contributed by atoms with Crippen molar-refractivity contribution < 1.29 is 9.37 Å². The van der Waals surface area contributed by atoms with Crippen molar-refractivity contribution in [1.29, 1.82) is 0 Å². The van der Waals surface area contributed by atoms with Gasteiger partial charge in [-0.15, -0.1) is 0 Å². The van der Waals surface area contributed by atoms with E-state index in [-0.39, 0.29) is 11.4 Å². The first-order valence-electron chi connectivity index (χ1n) is 4.53. The molecule has 0 saturated heterocycles. The predicted molar refractivity (Wildman–Crippen MR) is 52.6 cm³/mol. The Kier molecular flexibility index (Phi) is 2.55. The van der Waals surface area contributed by atoms with Crippen LogP contribution in [0.1, 0.15) is 33.6 Å². The monoisotopic (exact) mass is 181 g/mol. The molecule has 3 heteroatoms. The Bertz CT molecular complexity index is 282. The van der Waals surface area contributed by atoms with E-state index in [2.05, 4.69) is 31.6 Å². The Hall–Kier alpha value is -1.12. The first-order valence-corrected chi connectivity index (χ1v) is 4.53. The molecule has 0 atom stereocenters. The molecular weight excluding hydrogens is 164 g/mol. The van der Waals surface area contributed by atoms with Crippen LogP contribution >= 0.6 is 0 Å². The standard InChI is InChI=1S/C10H16N2O/c1-10(2,3)12-6-4-5-8(7-12)9(11)13/h6-7H,4-5H2,1-3H3,(H-,11,13)/p+1. The van der Waals surface area contributed by atoms with Crippen molar-refractivity contribution in [2.45, 2.75) is 39.2 Å². The summed E-state index contributed by atoms with van der Waals surface area (Å²) >= 11 is 0. The predicted octanol–water partition coefficient (Wildman–Crippen LogP) is 1.03. The van der Waals surface area contributed by atoms with E-state index in [1.807, 2.05) is 6.20 Å². The molecule has 0 aromatic rings. The molecule has 1 aliphatic rings. The average molecular weight is 181 g/mol. The van der Waals surface area contributed by atoms with Gasteiger partial charge in [0, 0.05) is 27.2 Å². The van der Waals surface area contributed by atoms with Gasteiger partial charge in [-0.25, -0.2) is 4.58 Å². The maximum Gasteiger partial charge on any atom is 0.250 e. The van der Waals surface area contributed by atoms with Crippen LogP contribution in [0.25, 0.3) is 0 Å². The summed E-state index contributed by atoms with van der Waals surface area (Å²) in [4.78, 5) is 10.9. The van der Waals surface area contributed by atoms with Gasteiger partial charge in [-0.1, -0.05) is 0 Å². The first kappa shape index (κ1) is 9.96. The van der Waals surface area contributed by atoms with Gasteiger partial charge in [0.25, 0.3) is 5.91 Å². The molecule has 13 heavy (non-hydrogen) atoms. The van der Waals surface area contributed by atoms with Crippen LogP contribution in [-0.2, 0) is 4.79 Å². The number of primary amides is 1. The van der Waals surface area contributed by atoms with E-state index in [1.165, 1.54) is 0 Å². The summed E-state index contributed by atoms with van der Waals surface area (Å²) in [6.07, 6.45) is 5.62. The molecule has 0 radical (unpaired) electrons. The minimum Gasteiger partial charge on any atom is -0.366 e. The fourth-order valence-corrected chi connectivity index (χ4v) is 1.30. The van der Waals surface area contributed by atoms with Gasteiger partial charge in [-0.3, -0.25) is 4.79 Å². The van der Waals surface area contributed by atoms with E-state index >= 15 is 0 Å². The molecule has 1 rings (SSSR count). The minimum absolute atomic E-state index is 0.0289. The van der Waals surface area contributed by atoms with Crippen molar-refractivity contribution in [2.75, 3.05) is 0 Å². The second kappa shape index (κ2) is 3.32. The number of carbonyl (C=O) groups is 1. The van der Waals surface area contributed by atoms with Gasteiger partial charge in [-0.05, 0) is 6.42 Å². The van der Waals surface area contributed by atoms with E-state index in [1.54, 1.807) is 0 Å². The van der Waals surface area contributed by atoms with Crippen molar-refractivity contribution in [3.05, 3.63) is 11.8 Å². The highest BCUT2D eigenvalue weighted by Gasteiger charge is 2.26. The normalized spacial score (nSPS) is 17.8. The van der Waals surface area contributed by atoms with Crippen LogP contribution in [0.5, 0.6) is 0 Å². The molecule has 0 unspecified atom stereocenters. The molecule has 0 spiro atoms. The molecule has 0 aromatic heterocycles. The lowest BCUT2D eigenvalue weighted by atomic mass is 10.0. The highest BCUT2D eigenvalue weighted by Crippen LogP contribution is 2.15. The average Bonchev–Trinajstić information content (AvgIpc) is 2.03. The highest BCUT2D eigenvalue weighted by molar-refractivity contribution is 5.92. The summed E-state index contributed by atoms with van der Waals surface area (Å²) in [6.45, 7) is 6.30. The number of nitrogens with zero attached hydrogens (tertiary/aromatic N) is 1. The molecule has 1 aliphatic heterocycles. The minimum atomic E-state index is -0.303. The Labute approximate surface area is 78.9 Å². The van der Waals surface area contributed by atoms with Crippen molar-refractivity contribution in [3.8, 4) is 0 Å². The molecule has 72 valence electrons. The van der Waals surface area contributed by atoms with Crippen LogP contribution in [0.2, 0.25) is 0 Å². The summed E-state index contributed by atoms with van der Waals surface area (Å²) in [5.41, 5.74) is 5.97. The third kappa shape index (κ3) is 2.41. The van der Waals surface area contributed by atoms with Crippen molar-refractivity contribution in [2.24, 2.45) is 5.73 Å². The molecule has 1 heterocycles. The van der Waals surface area contributed by atoms with Crippen LogP contribution in [0, 0.1) is 0 Å². The van der Waals surface area contributed by atoms with Gasteiger partial charge in [0.2, 0.25) is 0 Å². The van der Waals surface area contributed by atoms with Crippen LogP contribution in [0.3, 0.4) is 0 Å². The van der Waals surface area contributed by atoms with Crippen LogP contribution in [-0.4, -0.2) is 22.2 Å². The molecule has 3 nitrogen and oxygen atoms in total. The fraction of sp³-hybridized carbons (Fsp3) is 0.600. The lowest BCUT2D eigenvalue weighted by molar-refractivity contribution is -0.533. The third-order valence-electron chi connectivity index (χ3n) is 2.13. The van der Waals surface area contributed by atoms with Crippen molar-refractivity contribution in [1.82, 2.24) is 0 Å². The van der Waals surface area contributed by atoms with E-state index < -0.39 is 0 Å². The summed E-state index contributed by atoms with van der Waals surface area (Å²) in [6, 6.07) is 0. The molecular formula is C10H17N2O+. The van der Waals surface area contributed by atoms with E-state index in [0.717, 1.165) is 18.4 Å². The number of hydrogen-bond acceptors (Lipinski definition) is 1. The van der Waals surface area contributed by atoms with Gasteiger partial charge in [0.15, 0.2) is 11.7 Å². The summed E-state index contributed by atoms with van der Waals surface area (Å²) in [5.74, 6) is -0.303. The summed E-state index contributed by atoms with van der Waals surface area (Å²) in [7, 11) is 0. The molecule has 0 bridgehead atoms. The SMILES string of the molecule is CC(C)(C)[N+]1=CCCC(C(N)=O)=C1. The topological polar surface area (TPSA) is 46.1 Å².